The van der Waals surface area contributed by atoms with E-state index in [1.807, 2.05) is 11.3 Å². The predicted octanol–water partition coefficient (Wildman–Crippen LogP) is 3.61. The fourth-order valence-electron chi connectivity index (χ4n) is 3.34. The van der Waals surface area contributed by atoms with Crippen LogP contribution in [0.3, 0.4) is 0 Å². The molecule has 3 rings (SSSR count). The molecule has 0 aliphatic heterocycles. The molecule has 3 unspecified atom stereocenters. The second-order valence-electron chi connectivity index (χ2n) is 5.39. The molecule has 0 saturated heterocycles. The van der Waals surface area contributed by atoms with Crippen molar-refractivity contribution in [3.8, 4) is 0 Å². The lowest BCUT2D eigenvalue weighted by Crippen LogP contribution is -2.25. The van der Waals surface area contributed by atoms with E-state index >= 15 is 0 Å². The van der Waals surface area contributed by atoms with Gasteiger partial charge in [-0.1, -0.05) is 19.1 Å². The normalized spacial score (nSPS) is 30.3. The van der Waals surface area contributed by atoms with Gasteiger partial charge in [-0.3, -0.25) is 0 Å². The Morgan fingerprint density at radius 2 is 2.29 bits per heavy atom. The first-order valence-electron chi connectivity index (χ1n) is 6.81. The van der Waals surface area contributed by atoms with Gasteiger partial charge in [-0.05, 0) is 60.6 Å². The molecule has 0 spiro atoms. The van der Waals surface area contributed by atoms with Gasteiger partial charge >= 0.3 is 0 Å². The summed E-state index contributed by atoms with van der Waals surface area (Å²) in [5.74, 6) is 2.68. The number of nitrogens with one attached hydrogen (secondary N) is 1. The average molecular weight is 247 g/mol. The van der Waals surface area contributed by atoms with E-state index in [0.717, 1.165) is 30.7 Å². The minimum atomic E-state index is 0.876. The van der Waals surface area contributed by atoms with Crippen LogP contribution in [-0.4, -0.2) is 6.54 Å². The Balaban J connectivity index is 1.48. The summed E-state index contributed by atoms with van der Waals surface area (Å²) in [6.45, 7) is 4.51. The fraction of sp³-hybridized carbons (Fsp3) is 0.600. The molecule has 0 amide bonds. The van der Waals surface area contributed by atoms with E-state index in [4.69, 9.17) is 0 Å². The Hall–Kier alpha value is -0.600. The second kappa shape index (κ2) is 4.95. The molecule has 1 aromatic heterocycles. The molecule has 0 aromatic carbocycles. The molecule has 2 heteroatoms. The number of hydrogen-bond acceptors (Lipinski definition) is 2. The highest BCUT2D eigenvalue weighted by Crippen LogP contribution is 2.42. The van der Waals surface area contributed by atoms with Crippen molar-refractivity contribution in [2.24, 2.45) is 17.8 Å². The summed E-state index contributed by atoms with van der Waals surface area (Å²) in [5, 5.41) is 5.88. The number of fused-ring (bicyclic) bond motifs is 2. The van der Waals surface area contributed by atoms with Crippen molar-refractivity contribution in [2.45, 2.75) is 32.7 Å². The summed E-state index contributed by atoms with van der Waals surface area (Å²) in [4.78, 5) is 1.53. The van der Waals surface area contributed by atoms with Gasteiger partial charge in [0.25, 0.3) is 0 Å². The number of allylic oxidation sites excluding steroid dienone is 2. The molecule has 2 bridgehead atoms. The van der Waals surface area contributed by atoms with Crippen molar-refractivity contribution in [1.82, 2.24) is 5.32 Å². The van der Waals surface area contributed by atoms with E-state index in [-0.39, 0.29) is 0 Å². The zero-order valence-electron chi connectivity index (χ0n) is 10.5. The first kappa shape index (κ1) is 11.5. The lowest BCUT2D eigenvalue weighted by Gasteiger charge is -2.18. The zero-order valence-corrected chi connectivity index (χ0v) is 11.3. The molecule has 92 valence electrons. The van der Waals surface area contributed by atoms with Crippen LogP contribution in [0.15, 0.2) is 23.6 Å². The van der Waals surface area contributed by atoms with Crippen LogP contribution in [0, 0.1) is 17.8 Å². The maximum atomic E-state index is 3.67. The quantitative estimate of drug-likeness (QED) is 0.784. The maximum absolute atomic E-state index is 3.67. The molecule has 1 N–H and O–H groups in total. The van der Waals surface area contributed by atoms with Crippen LogP contribution in [0.2, 0.25) is 0 Å². The van der Waals surface area contributed by atoms with Crippen LogP contribution in [0.25, 0.3) is 0 Å². The molecule has 2 aliphatic rings. The van der Waals surface area contributed by atoms with Crippen LogP contribution in [0.5, 0.6) is 0 Å². The van der Waals surface area contributed by atoms with Crippen molar-refractivity contribution in [3.63, 3.8) is 0 Å². The van der Waals surface area contributed by atoms with Gasteiger partial charge in [0, 0.05) is 11.4 Å². The third-order valence-electron chi connectivity index (χ3n) is 4.33. The van der Waals surface area contributed by atoms with E-state index in [0.29, 0.717) is 0 Å². The summed E-state index contributed by atoms with van der Waals surface area (Å²) < 4.78 is 0. The standard InChI is InChI=1S/C15H21NS/c1-2-12-5-6-17-15(12)10-16-9-14-8-11-3-4-13(14)7-11/h3-6,11,13-14,16H,2,7-10H2,1H3. The smallest absolute Gasteiger partial charge is 0.0302 e. The molecule has 1 aromatic rings. The minimum absolute atomic E-state index is 0.876. The van der Waals surface area contributed by atoms with Crippen LogP contribution in [-0.2, 0) is 13.0 Å². The van der Waals surface area contributed by atoms with Crippen molar-refractivity contribution in [3.05, 3.63) is 34.0 Å². The van der Waals surface area contributed by atoms with E-state index < -0.39 is 0 Å². The highest BCUT2D eigenvalue weighted by atomic mass is 32.1. The molecule has 3 atom stereocenters. The van der Waals surface area contributed by atoms with Gasteiger partial charge in [-0.2, -0.15) is 0 Å². The van der Waals surface area contributed by atoms with Crippen LogP contribution >= 0.6 is 11.3 Å². The third kappa shape index (κ3) is 2.34. The molecule has 1 saturated carbocycles. The first-order chi connectivity index (χ1) is 8.36. The largest absolute Gasteiger partial charge is 0.312 e. The van der Waals surface area contributed by atoms with Gasteiger partial charge in [0.05, 0.1) is 0 Å². The predicted molar refractivity (Wildman–Crippen MR) is 74.2 cm³/mol. The molecular formula is C15H21NS. The van der Waals surface area contributed by atoms with Gasteiger partial charge in [0.2, 0.25) is 0 Å². The topological polar surface area (TPSA) is 12.0 Å². The molecule has 1 heterocycles. The van der Waals surface area contributed by atoms with Gasteiger partial charge in [-0.15, -0.1) is 11.3 Å². The molecule has 2 aliphatic carbocycles. The second-order valence-corrected chi connectivity index (χ2v) is 6.39. The Bertz CT molecular complexity index is 407. The lowest BCUT2D eigenvalue weighted by atomic mass is 9.94. The summed E-state index contributed by atoms with van der Waals surface area (Å²) >= 11 is 1.90. The average Bonchev–Trinajstić information content (AvgIpc) is 3.04. The van der Waals surface area contributed by atoms with Crippen LogP contribution in [0.4, 0.5) is 0 Å². The number of hydrogen-bond donors (Lipinski definition) is 1. The zero-order chi connectivity index (χ0) is 11.7. The molecule has 1 fully saturated rings. The summed E-state index contributed by atoms with van der Waals surface area (Å²) in [7, 11) is 0. The van der Waals surface area contributed by atoms with E-state index in [1.54, 1.807) is 0 Å². The van der Waals surface area contributed by atoms with Gasteiger partial charge in [0.15, 0.2) is 0 Å². The number of aryl methyl sites for hydroxylation is 1. The monoisotopic (exact) mass is 247 g/mol. The van der Waals surface area contributed by atoms with Gasteiger partial charge in [-0.25, -0.2) is 0 Å². The SMILES string of the molecule is CCc1ccsc1CNCC1CC2C=CC1C2. The lowest BCUT2D eigenvalue weighted by molar-refractivity contribution is 0.414. The van der Waals surface area contributed by atoms with Crippen LogP contribution in [0.1, 0.15) is 30.2 Å². The molecule has 0 radical (unpaired) electrons. The first-order valence-corrected chi connectivity index (χ1v) is 7.69. The van der Waals surface area contributed by atoms with Crippen molar-refractivity contribution in [1.29, 1.82) is 0 Å². The number of thiophene rings is 1. The Labute approximate surface area is 108 Å². The van der Waals surface area contributed by atoms with E-state index in [2.05, 4.69) is 35.8 Å². The van der Waals surface area contributed by atoms with E-state index in [1.165, 1.54) is 29.8 Å². The number of rotatable bonds is 5. The molecule has 17 heavy (non-hydrogen) atoms. The minimum Gasteiger partial charge on any atom is -0.312 e. The fourth-order valence-corrected chi connectivity index (χ4v) is 4.28. The highest BCUT2D eigenvalue weighted by molar-refractivity contribution is 7.10. The summed E-state index contributed by atoms with van der Waals surface area (Å²) in [6.07, 6.45) is 8.88. The van der Waals surface area contributed by atoms with Crippen molar-refractivity contribution in [2.75, 3.05) is 6.54 Å². The Morgan fingerprint density at radius 3 is 3.00 bits per heavy atom. The van der Waals surface area contributed by atoms with Gasteiger partial charge in [0.1, 0.15) is 0 Å². The molecular weight excluding hydrogens is 226 g/mol. The third-order valence-corrected chi connectivity index (χ3v) is 5.29. The highest BCUT2D eigenvalue weighted by Gasteiger charge is 2.34. The Kier molecular flexibility index (Phi) is 3.34. The maximum Gasteiger partial charge on any atom is 0.0302 e. The van der Waals surface area contributed by atoms with Crippen molar-refractivity contribution < 1.29 is 0 Å². The molecule has 1 nitrogen and oxygen atoms in total. The van der Waals surface area contributed by atoms with Crippen molar-refractivity contribution >= 4 is 11.3 Å². The van der Waals surface area contributed by atoms with Crippen LogP contribution < -0.4 is 5.32 Å². The Morgan fingerprint density at radius 1 is 1.35 bits per heavy atom. The van der Waals surface area contributed by atoms with E-state index in [9.17, 15) is 0 Å². The summed E-state index contributed by atoms with van der Waals surface area (Å²) in [6, 6.07) is 2.27. The van der Waals surface area contributed by atoms with Gasteiger partial charge < -0.3 is 5.32 Å². The summed E-state index contributed by atoms with van der Waals surface area (Å²) in [5.41, 5.74) is 1.52.